The molecule has 25 heavy (non-hydrogen) atoms. The van der Waals surface area contributed by atoms with E-state index in [-0.39, 0.29) is 24.7 Å². The molecule has 5 nitrogen and oxygen atoms in total. The lowest BCUT2D eigenvalue weighted by molar-refractivity contribution is -0.142. The lowest BCUT2D eigenvalue weighted by atomic mass is 10.2. The molecule has 8 heteroatoms. The zero-order valence-electron chi connectivity index (χ0n) is 13.1. The normalized spacial score (nSPS) is 10.3. The molecule has 0 aliphatic rings. The van der Waals surface area contributed by atoms with Crippen molar-refractivity contribution in [2.75, 3.05) is 13.2 Å². The van der Waals surface area contributed by atoms with Crippen molar-refractivity contribution < 1.29 is 19.1 Å². The van der Waals surface area contributed by atoms with Crippen LogP contribution in [0.4, 0.5) is 0 Å². The third kappa shape index (κ3) is 6.49. The predicted octanol–water partition coefficient (Wildman–Crippen LogP) is 3.99. The van der Waals surface area contributed by atoms with Crippen LogP contribution in [0.1, 0.15) is 32.9 Å². The van der Waals surface area contributed by atoms with Crippen LogP contribution in [0, 0.1) is 0 Å². The molecule has 1 N–H and O–H groups in total. The summed E-state index contributed by atoms with van der Waals surface area (Å²) in [6.07, 6.45) is 0.524. The Labute approximate surface area is 158 Å². The highest BCUT2D eigenvalue weighted by atomic mass is 35.5. The number of hydrogen-bond donors (Lipinski definition) is 1. The van der Waals surface area contributed by atoms with Crippen LogP contribution in [-0.4, -0.2) is 30.8 Å². The van der Waals surface area contributed by atoms with Gasteiger partial charge in [0.1, 0.15) is 0 Å². The molecule has 0 atom stereocenters. The van der Waals surface area contributed by atoms with Crippen molar-refractivity contribution in [3.63, 3.8) is 0 Å². The van der Waals surface area contributed by atoms with Crippen LogP contribution in [0.15, 0.2) is 36.4 Å². The Morgan fingerprint density at radius 2 is 1.76 bits per heavy atom. The van der Waals surface area contributed by atoms with Gasteiger partial charge in [-0.3, -0.25) is 14.4 Å². The van der Waals surface area contributed by atoms with E-state index in [0.29, 0.717) is 32.8 Å². The maximum absolute atomic E-state index is 11.8. The van der Waals surface area contributed by atoms with Crippen LogP contribution in [-0.2, 0) is 9.53 Å². The summed E-state index contributed by atoms with van der Waals surface area (Å²) in [6.45, 7) is 0.0118. The second kappa shape index (κ2) is 9.56. The van der Waals surface area contributed by atoms with Crippen LogP contribution in [0.5, 0.6) is 0 Å². The van der Waals surface area contributed by atoms with Crippen LogP contribution < -0.4 is 5.32 Å². The van der Waals surface area contributed by atoms with Gasteiger partial charge in [-0.15, -0.1) is 11.3 Å². The molecule has 0 fully saturated rings. The third-order valence-corrected chi connectivity index (χ3v) is 4.69. The second-order valence-electron chi connectivity index (χ2n) is 5.05. The number of thiophene rings is 1. The molecule has 1 heterocycles. The zero-order valence-corrected chi connectivity index (χ0v) is 15.4. The number of amides is 1. The van der Waals surface area contributed by atoms with Gasteiger partial charge in [0.15, 0.2) is 6.61 Å². The monoisotopic (exact) mass is 399 g/mol. The van der Waals surface area contributed by atoms with Gasteiger partial charge in [-0.05, 0) is 42.8 Å². The lowest BCUT2D eigenvalue weighted by Crippen LogP contribution is -2.25. The summed E-state index contributed by atoms with van der Waals surface area (Å²) in [5, 5.41) is 3.25. The Bertz CT molecular complexity index is 758. The van der Waals surface area contributed by atoms with E-state index in [1.807, 2.05) is 0 Å². The number of ketones is 1. The predicted molar refractivity (Wildman–Crippen MR) is 97.6 cm³/mol. The number of halogens is 2. The molecule has 0 spiro atoms. The minimum Gasteiger partial charge on any atom is -0.457 e. The van der Waals surface area contributed by atoms with Crippen LogP contribution in [0.3, 0.4) is 0 Å². The van der Waals surface area contributed by atoms with Gasteiger partial charge in [-0.25, -0.2) is 0 Å². The number of nitrogens with one attached hydrogen (secondary N) is 1. The molecule has 1 aromatic carbocycles. The Morgan fingerprint density at radius 3 is 2.40 bits per heavy atom. The first-order valence-electron chi connectivity index (χ1n) is 7.43. The second-order valence-corrected chi connectivity index (χ2v) is 7.21. The van der Waals surface area contributed by atoms with Gasteiger partial charge < -0.3 is 10.1 Å². The zero-order chi connectivity index (χ0) is 18.2. The average molecular weight is 400 g/mol. The average Bonchev–Trinajstić information content (AvgIpc) is 3.03. The standard InChI is InChI=1S/C17H15Cl2NO4S/c18-12-5-3-11(4-6-12)17(23)20-9-1-2-16(22)24-10-13(21)14-7-8-15(19)25-14/h3-8H,1-2,9-10H2,(H,20,23). The first kappa shape index (κ1) is 19.4. The minimum atomic E-state index is -0.489. The van der Waals surface area contributed by atoms with Crippen molar-refractivity contribution in [2.45, 2.75) is 12.8 Å². The highest BCUT2D eigenvalue weighted by molar-refractivity contribution is 7.18. The summed E-state index contributed by atoms with van der Waals surface area (Å²) in [5.74, 6) is -1.02. The molecule has 0 aliphatic heterocycles. The molecule has 0 saturated carbocycles. The maximum atomic E-state index is 11.8. The largest absolute Gasteiger partial charge is 0.457 e. The summed E-state index contributed by atoms with van der Waals surface area (Å²) in [7, 11) is 0. The smallest absolute Gasteiger partial charge is 0.306 e. The van der Waals surface area contributed by atoms with E-state index in [4.69, 9.17) is 27.9 Å². The maximum Gasteiger partial charge on any atom is 0.306 e. The van der Waals surface area contributed by atoms with Gasteiger partial charge in [0, 0.05) is 23.6 Å². The molecule has 1 amide bonds. The van der Waals surface area contributed by atoms with Gasteiger partial charge in [-0.1, -0.05) is 23.2 Å². The Morgan fingerprint density at radius 1 is 1.04 bits per heavy atom. The van der Waals surface area contributed by atoms with Gasteiger partial charge in [0.05, 0.1) is 9.21 Å². The Kier molecular flexibility index (Phi) is 7.43. The lowest BCUT2D eigenvalue weighted by Gasteiger charge is -2.06. The van der Waals surface area contributed by atoms with Gasteiger partial charge in [-0.2, -0.15) is 0 Å². The van der Waals surface area contributed by atoms with Crippen LogP contribution in [0.25, 0.3) is 0 Å². The summed E-state index contributed by atoms with van der Waals surface area (Å²) < 4.78 is 5.43. The van der Waals surface area contributed by atoms with Gasteiger partial charge in [0.25, 0.3) is 5.91 Å². The summed E-state index contributed by atoms with van der Waals surface area (Å²) in [4.78, 5) is 35.7. The number of hydrogen-bond acceptors (Lipinski definition) is 5. The molecule has 0 saturated heterocycles. The fourth-order valence-corrected chi connectivity index (χ4v) is 2.98. The van der Waals surface area contributed by atoms with E-state index >= 15 is 0 Å². The fourth-order valence-electron chi connectivity index (χ4n) is 1.89. The molecule has 0 radical (unpaired) electrons. The third-order valence-electron chi connectivity index (χ3n) is 3.16. The van der Waals surface area contributed by atoms with E-state index in [1.165, 1.54) is 0 Å². The molecule has 0 bridgehead atoms. The van der Waals surface area contributed by atoms with E-state index in [0.717, 1.165) is 11.3 Å². The molecule has 132 valence electrons. The highest BCUT2D eigenvalue weighted by Crippen LogP contribution is 2.21. The Balaban J connectivity index is 1.62. The SMILES string of the molecule is O=C(CCCNC(=O)c1ccc(Cl)cc1)OCC(=O)c1ccc(Cl)s1. The van der Waals surface area contributed by atoms with Crippen molar-refractivity contribution in [2.24, 2.45) is 0 Å². The first-order chi connectivity index (χ1) is 12.0. The van der Waals surface area contributed by atoms with Gasteiger partial charge in [0.2, 0.25) is 5.78 Å². The van der Waals surface area contributed by atoms with E-state index in [2.05, 4.69) is 5.32 Å². The molecule has 2 aromatic rings. The first-order valence-corrected chi connectivity index (χ1v) is 9.01. The summed E-state index contributed by atoms with van der Waals surface area (Å²) in [6, 6.07) is 9.71. The minimum absolute atomic E-state index is 0.110. The van der Waals surface area contributed by atoms with E-state index < -0.39 is 5.97 Å². The molecule has 0 unspecified atom stereocenters. The van der Waals surface area contributed by atoms with E-state index in [1.54, 1.807) is 36.4 Å². The summed E-state index contributed by atoms with van der Waals surface area (Å²) >= 11 is 12.6. The van der Waals surface area contributed by atoms with Crippen molar-refractivity contribution in [3.8, 4) is 0 Å². The molecule has 2 rings (SSSR count). The van der Waals surface area contributed by atoms with Gasteiger partial charge >= 0.3 is 5.97 Å². The van der Waals surface area contributed by atoms with Crippen molar-refractivity contribution >= 4 is 52.2 Å². The number of benzene rings is 1. The number of carbonyl (C=O) groups is 3. The topological polar surface area (TPSA) is 72.5 Å². The molecular formula is C17H15Cl2NO4S. The molecule has 1 aromatic heterocycles. The number of Topliss-reactive ketones (excluding diaryl/α,β-unsaturated/α-hetero) is 1. The molecule has 0 aliphatic carbocycles. The van der Waals surface area contributed by atoms with Crippen molar-refractivity contribution in [1.82, 2.24) is 5.32 Å². The van der Waals surface area contributed by atoms with E-state index in [9.17, 15) is 14.4 Å². The number of rotatable bonds is 8. The van der Waals surface area contributed by atoms with Crippen LogP contribution >= 0.6 is 34.5 Å². The Hall–Kier alpha value is -1.89. The summed E-state index contributed by atoms with van der Waals surface area (Å²) in [5.41, 5.74) is 0.493. The molecular weight excluding hydrogens is 385 g/mol. The van der Waals surface area contributed by atoms with Crippen molar-refractivity contribution in [1.29, 1.82) is 0 Å². The number of carbonyl (C=O) groups excluding carboxylic acids is 3. The van der Waals surface area contributed by atoms with Crippen molar-refractivity contribution in [3.05, 3.63) is 56.2 Å². The fraction of sp³-hybridized carbons (Fsp3) is 0.235. The number of esters is 1. The number of ether oxygens (including phenoxy) is 1. The highest BCUT2D eigenvalue weighted by Gasteiger charge is 2.12. The van der Waals surface area contributed by atoms with Crippen LogP contribution in [0.2, 0.25) is 9.36 Å². The quantitative estimate of drug-likeness (QED) is 0.413.